The van der Waals surface area contributed by atoms with Gasteiger partial charge in [-0.3, -0.25) is 14.6 Å². The summed E-state index contributed by atoms with van der Waals surface area (Å²) in [5.41, 5.74) is 6.60. The number of carbonyl (C=O) groups is 2. The van der Waals surface area contributed by atoms with Crippen molar-refractivity contribution >= 4 is 34.4 Å². The van der Waals surface area contributed by atoms with E-state index in [0.29, 0.717) is 6.42 Å². The van der Waals surface area contributed by atoms with Crippen LogP contribution in [0.3, 0.4) is 0 Å². The van der Waals surface area contributed by atoms with Crippen molar-refractivity contribution in [1.82, 2.24) is 10.3 Å². The first-order chi connectivity index (χ1) is 10.1. The lowest BCUT2D eigenvalue weighted by Crippen LogP contribution is -2.46. The highest BCUT2D eigenvalue weighted by atomic mass is 127. The van der Waals surface area contributed by atoms with Gasteiger partial charge in [-0.05, 0) is 46.4 Å². The molecule has 0 aliphatic carbocycles. The predicted molar refractivity (Wildman–Crippen MR) is 87.5 cm³/mol. The number of aromatic nitrogens is 1. The smallest absolute Gasteiger partial charge is 0.270 e. The predicted octanol–water partition coefficient (Wildman–Crippen LogP) is 1.51. The quantitative estimate of drug-likeness (QED) is 0.753. The SMILES string of the molecule is NC(=O)[C@H](Cc1ccccc1I)NC(=O)c1ccccn1. The molecule has 1 atom stereocenters. The molecule has 3 N–H and O–H groups in total. The number of benzene rings is 1. The molecule has 0 aliphatic rings. The van der Waals surface area contributed by atoms with Crippen molar-refractivity contribution in [3.8, 4) is 0 Å². The zero-order valence-corrected chi connectivity index (χ0v) is 13.3. The summed E-state index contributed by atoms with van der Waals surface area (Å²) in [5, 5.41) is 2.63. The maximum absolute atomic E-state index is 12.1. The monoisotopic (exact) mass is 395 g/mol. The van der Waals surface area contributed by atoms with Gasteiger partial charge in [0.2, 0.25) is 5.91 Å². The second-order valence-electron chi connectivity index (χ2n) is 4.44. The summed E-state index contributed by atoms with van der Waals surface area (Å²) in [6.07, 6.45) is 1.88. The van der Waals surface area contributed by atoms with Gasteiger partial charge in [-0.25, -0.2) is 0 Å². The standard InChI is InChI=1S/C15H14IN3O2/c16-11-6-2-1-5-10(11)9-13(14(17)20)19-15(21)12-7-3-4-8-18-12/h1-8,13H,9H2,(H2,17,20)(H,19,21)/t13-/m0/s1. The van der Waals surface area contributed by atoms with Crippen LogP contribution in [0.5, 0.6) is 0 Å². The minimum absolute atomic E-state index is 0.256. The number of carbonyl (C=O) groups excluding carboxylic acids is 2. The summed E-state index contributed by atoms with van der Waals surface area (Å²) in [5.74, 6) is -0.982. The summed E-state index contributed by atoms with van der Waals surface area (Å²) in [6.45, 7) is 0. The van der Waals surface area contributed by atoms with Gasteiger partial charge >= 0.3 is 0 Å². The molecule has 1 aromatic heterocycles. The second-order valence-corrected chi connectivity index (χ2v) is 5.60. The Balaban J connectivity index is 2.12. The Morgan fingerprint density at radius 2 is 1.90 bits per heavy atom. The van der Waals surface area contributed by atoms with Crippen molar-refractivity contribution in [1.29, 1.82) is 0 Å². The molecule has 0 saturated carbocycles. The van der Waals surface area contributed by atoms with Crippen molar-refractivity contribution in [2.24, 2.45) is 5.73 Å². The fraction of sp³-hybridized carbons (Fsp3) is 0.133. The third-order valence-corrected chi connectivity index (χ3v) is 3.98. The maximum Gasteiger partial charge on any atom is 0.270 e. The summed E-state index contributed by atoms with van der Waals surface area (Å²) in [4.78, 5) is 27.6. The first-order valence-corrected chi connectivity index (χ1v) is 7.40. The normalized spacial score (nSPS) is 11.7. The molecule has 0 unspecified atom stereocenters. The highest BCUT2D eigenvalue weighted by Gasteiger charge is 2.20. The molecular weight excluding hydrogens is 381 g/mol. The molecule has 108 valence electrons. The number of amides is 2. The van der Waals surface area contributed by atoms with E-state index in [4.69, 9.17) is 5.73 Å². The molecule has 0 aliphatic heterocycles. The molecule has 21 heavy (non-hydrogen) atoms. The number of primary amides is 1. The van der Waals surface area contributed by atoms with Crippen LogP contribution in [0.25, 0.3) is 0 Å². The van der Waals surface area contributed by atoms with Crippen LogP contribution < -0.4 is 11.1 Å². The zero-order chi connectivity index (χ0) is 15.2. The zero-order valence-electron chi connectivity index (χ0n) is 11.1. The van der Waals surface area contributed by atoms with Crippen molar-refractivity contribution in [2.45, 2.75) is 12.5 Å². The number of nitrogens with one attached hydrogen (secondary N) is 1. The molecule has 5 nitrogen and oxygen atoms in total. The van der Waals surface area contributed by atoms with Crippen LogP contribution in [0.4, 0.5) is 0 Å². The molecule has 0 bridgehead atoms. The Hall–Kier alpha value is -1.96. The van der Waals surface area contributed by atoms with Crippen LogP contribution >= 0.6 is 22.6 Å². The van der Waals surface area contributed by atoms with Crippen LogP contribution in [0.15, 0.2) is 48.7 Å². The van der Waals surface area contributed by atoms with Crippen LogP contribution in [0.1, 0.15) is 16.1 Å². The molecule has 0 radical (unpaired) electrons. The average Bonchev–Trinajstić information content (AvgIpc) is 2.49. The van der Waals surface area contributed by atoms with Gasteiger partial charge in [-0.15, -0.1) is 0 Å². The van der Waals surface area contributed by atoms with Gasteiger partial charge in [0, 0.05) is 16.2 Å². The van der Waals surface area contributed by atoms with Crippen LogP contribution in [-0.4, -0.2) is 22.8 Å². The average molecular weight is 395 g/mol. The Bertz CT molecular complexity index is 646. The van der Waals surface area contributed by atoms with Crippen molar-refractivity contribution in [2.75, 3.05) is 0 Å². The molecule has 2 aromatic rings. The molecule has 2 rings (SSSR count). The number of nitrogens with zero attached hydrogens (tertiary/aromatic N) is 1. The first kappa shape index (κ1) is 15.4. The number of halogens is 1. The molecular formula is C15H14IN3O2. The fourth-order valence-electron chi connectivity index (χ4n) is 1.84. The van der Waals surface area contributed by atoms with Gasteiger partial charge in [0.15, 0.2) is 0 Å². The number of nitrogens with two attached hydrogens (primary N) is 1. The Morgan fingerprint density at radius 1 is 1.19 bits per heavy atom. The Kier molecular flexibility index (Phi) is 5.26. The lowest BCUT2D eigenvalue weighted by Gasteiger charge is -2.16. The third kappa shape index (κ3) is 4.25. The van der Waals surface area contributed by atoms with Crippen molar-refractivity contribution in [3.63, 3.8) is 0 Å². The summed E-state index contributed by atoms with van der Waals surface area (Å²) in [7, 11) is 0. The molecule has 0 spiro atoms. The van der Waals surface area contributed by atoms with Crippen molar-refractivity contribution in [3.05, 3.63) is 63.5 Å². The van der Waals surface area contributed by atoms with Gasteiger partial charge in [0.25, 0.3) is 5.91 Å². The molecule has 1 aromatic carbocycles. The Morgan fingerprint density at radius 3 is 2.52 bits per heavy atom. The summed E-state index contributed by atoms with van der Waals surface area (Å²) >= 11 is 2.19. The van der Waals surface area contributed by atoms with Gasteiger partial charge in [0.05, 0.1) is 0 Å². The van der Waals surface area contributed by atoms with Gasteiger partial charge in [-0.1, -0.05) is 24.3 Å². The van der Waals surface area contributed by atoms with E-state index in [2.05, 4.69) is 32.9 Å². The minimum Gasteiger partial charge on any atom is -0.368 e. The second kappa shape index (κ2) is 7.16. The summed E-state index contributed by atoms with van der Waals surface area (Å²) in [6, 6.07) is 11.9. The van der Waals surface area contributed by atoms with Crippen LogP contribution in [0, 0.1) is 3.57 Å². The first-order valence-electron chi connectivity index (χ1n) is 6.32. The van der Waals surface area contributed by atoms with Crippen LogP contribution in [-0.2, 0) is 11.2 Å². The largest absolute Gasteiger partial charge is 0.368 e. The number of hydrogen-bond donors (Lipinski definition) is 2. The Labute approximate surface area is 136 Å². The molecule has 2 amide bonds. The molecule has 0 saturated heterocycles. The van der Waals surface area contributed by atoms with E-state index in [1.165, 1.54) is 6.20 Å². The van der Waals surface area contributed by atoms with E-state index in [9.17, 15) is 9.59 Å². The lowest BCUT2D eigenvalue weighted by atomic mass is 10.1. The molecule has 6 heteroatoms. The maximum atomic E-state index is 12.1. The highest BCUT2D eigenvalue weighted by molar-refractivity contribution is 14.1. The van der Waals surface area contributed by atoms with E-state index in [-0.39, 0.29) is 5.69 Å². The highest BCUT2D eigenvalue weighted by Crippen LogP contribution is 2.13. The van der Waals surface area contributed by atoms with Crippen LogP contribution in [0.2, 0.25) is 0 Å². The van der Waals surface area contributed by atoms with E-state index in [1.807, 2.05) is 24.3 Å². The van der Waals surface area contributed by atoms with E-state index < -0.39 is 17.9 Å². The van der Waals surface area contributed by atoms with Gasteiger partial charge in [-0.2, -0.15) is 0 Å². The topological polar surface area (TPSA) is 85.1 Å². The lowest BCUT2D eigenvalue weighted by molar-refractivity contribution is -0.119. The van der Waals surface area contributed by atoms with Crippen molar-refractivity contribution < 1.29 is 9.59 Å². The number of hydrogen-bond acceptors (Lipinski definition) is 3. The van der Waals surface area contributed by atoms with E-state index >= 15 is 0 Å². The minimum atomic E-state index is -0.768. The number of rotatable bonds is 5. The van der Waals surface area contributed by atoms with E-state index in [1.54, 1.807) is 18.2 Å². The fourth-order valence-corrected chi connectivity index (χ4v) is 2.44. The third-order valence-electron chi connectivity index (χ3n) is 2.93. The van der Waals surface area contributed by atoms with E-state index in [0.717, 1.165) is 9.13 Å². The number of pyridine rings is 1. The van der Waals surface area contributed by atoms with Gasteiger partial charge in [0.1, 0.15) is 11.7 Å². The van der Waals surface area contributed by atoms with Gasteiger partial charge < -0.3 is 11.1 Å². The molecule has 1 heterocycles. The molecule has 0 fully saturated rings. The summed E-state index contributed by atoms with van der Waals surface area (Å²) < 4.78 is 1.02.